The van der Waals surface area contributed by atoms with Crippen molar-refractivity contribution in [3.63, 3.8) is 0 Å². The van der Waals surface area contributed by atoms with Crippen LogP contribution in [0.2, 0.25) is 0 Å². The third kappa shape index (κ3) is 3.31. The third-order valence-corrected chi connectivity index (χ3v) is 5.59. The summed E-state index contributed by atoms with van der Waals surface area (Å²) in [5.41, 5.74) is 1.91. The highest BCUT2D eigenvalue weighted by Crippen LogP contribution is 2.30. The zero-order valence-corrected chi connectivity index (χ0v) is 14.7. The minimum Gasteiger partial charge on any atom is -0.334 e. The molecule has 25 heavy (non-hydrogen) atoms. The van der Waals surface area contributed by atoms with E-state index in [4.69, 9.17) is 0 Å². The van der Waals surface area contributed by atoms with Gasteiger partial charge in [0.25, 0.3) is 5.91 Å². The second kappa shape index (κ2) is 6.96. The second-order valence-corrected chi connectivity index (χ2v) is 7.19. The molecule has 0 radical (unpaired) electrons. The number of likely N-dealkylation sites (N-methyl/N-ethyl adjacent to an activating group) is 1. The number of hydrogen-bond acceptors (Lipinski definition) is 4. The third-order valence-electron chi connectivity index (χ3n) is 5.59. The van der Waals surface area contributed by atoms with E-state index in [2.05, 4.69) is 26.9 Å². The summed E-state index contributed by atoms with van der Waals surface area (Å²) in [6.07, 6.45) is 7.94. The van der Waals surface area contributed by atoms with E-state index in [0.29, 0.717) is 18.6 Å². The molecular formula is C19H25N5O. The van der Waals surface area contributed by atoms with Crippen molar-refractivity contribution in [3.05, 3.63) is 48.0 Å². The van der Waals surface area contributed by atoms with Crippen LogP contribution in [0.4, 0.5) is 0 Å². The molecule has 4 rings (SSSR count). The van der Waals surface area contributed by atoms with Crippen LogP contribution in [0.5, 0.6) is 0 Å². The average Bonchev–Trinajstić information content (AvgIpc) is 3.36. The summed E-state index contributed by atoms with van der Waals surface area (Å²) >= 11 is 0. The van der Waals surface area contributed by atoms with Gasteiger partial charge in [0.15, 0.2) is 0 Å². The molecule has 1 aromatic heterocycles. The minimum atomic E-state index is 0.176. The fourth-order valence-electron chi connectivity index (χ4n) is 4.29. The van der Waals surface area contributed by atoms with Crippen molar-refractivity contribution in [1.29, 1.82) is 0 Å². The molecule has 2 atom stereocenters. The van der Waals surface area contributed by atoms with E-state index in [1.807, 2.05) is 24.3 Å². The van der Waals surface area contributed by atoms with E-state index in [0.717, 1.165) is 37.1 Å². The maximum absolute atomic E-state index is 13.0. The van der Waals surface area contributed by atoms with Gasteiger partial charge in [0.05, 0.1) is 6.54 Å². The van der Waals surface area contributed by atoms with Gasteiger partial charge in [-0.15, -0.1) is 0 Å². The maximum Gasteiger partial charge on any atom is 0.254 e. The van der Waals surface area contributed by atoms with E-state index < -0.39 is 0 Å². The predicted molar refractivity (Wildman–Crippen MR) is 95.3 cm³/mol. The Kier molecular flexibility index (Phi) is 4.53. The molecule has 1 amide bonds. The van der Waals surface area contributed by atoms with E-state index in [9.17, 15) is 4.79 Å². The van der Waals surface area contributed by atoms with Crippen LogP contribution >= 0.6 is 0 Å². The molecule has 0 spiro atoms. The van der Waals surface area contributed by atoms with Gasteiger partial charge in [-0.25, -0.2) is 9.67 Å². The fraction of sp³-hybridized carbons (Fsp3) is 0.526. The summed E-state index contributed by atoms with van der Waals surface area (Å²) < 4.78 is 1.78. The normalized spacial score (nSPS) is 24.1. The summed E-state index contributed by atoms with van der Waals surface area (Å²) in [6.45, 7) is 2.71. The van der Waals surface area contributed by atoms with Crippen molar-refractivity contribution < 1.29 is 4.79 Å². The monoisotopic (exact) mass is 339 g/mol. The molecule has 2 saturated heterocycles. The Hall–Kier alpha value is -2.21. The summed E-state index contributed by atoms with van der Waals surface area (Å²) in [7, 11) is 2.19. The van der Waals surface area contributed by atoms with Gasteiger partial charge in [0.2, 0.25) is 0 Å². The molecular weight excluding hydrogens is 314 g/mol. The van der Waals surface area contributed by atoms with Gasteiger partial charge in [0.1, 0.15) is 12.7 Å². The first-order valence-electron chi connectivity index (χ1n) is 9.15. The molecule has 0 saturated carbocycles. The quantitative estimate of drug-likeness (QED) is 0.855. The van der Waals surface area contributed by atoms with Crippen LogP contribution in [0.3, 0.4) is 0 Å². The molecule has 0 N–H and O–H groups in total. The first kappa shape index (κ1) is 16.3. The number of rotatable bonds is 4. The SMILES string of the molecule is CN1CCC[C@@H]1[C@@H]1CCCN1C(=O)c1ccc(Cn2cncn2)cc1. The number of hydrogen-bond donors (Lipinski definition) is 0. The number of carbonyl (C=O) groups excluding carboxylic acids is 1. The highest BCUT2D eigenvalue weighted by atomic mass is 16.2. The number of likely N-dealkylation sites (tertiary alicyclic amines) is 2. The highest BCUT2D eigenvalue weighted by molar-refractivity contribution is 5.94. The Balaban J connectivity index is 1.46. The fourth-order valence-corrected chi connectivity index (χ4v) is 4.29. The van der Waals surface area contributed by atoms with Crippen molar-refractivity contribution in [2.45, 2.75) is 44.3 Å². The van der Waals surface area contributed by atoms with Crippen LogP contribution in [-0.4, -0.2) is 62.7 Å². The number of benzene rings is 1. The van der Waals surface area contributed by atoms with E-state index >= 15 is 0 Å². The van der Waals surface area contributed by atoms with Gasteiger partial charge < -0.3 is 9.80 Å². The summed E-state index contributed by atoms with van der Waals surface area (Å²) in [5.74, 6) is 0.176. The van der Waals surface area contributed by atoms with Crippen LogP contribution in [0, 0.1) is 0 Å². The van der Waals surface area contributed by atoms with Crippen molar-refractivity contribution in [2.75, 3.05) is 20.1 Å². The lowest BCUT2D eigenvalue weighted by atomic mass is 10.0. The predicted octanol–water partition coefficient (Wildman–Crippen LogP) is 2.03. The number of amides is 1. The van der Waals surface area contributed by atoms with Crippen LogP contribution in [0.1, 0.15) is 41.6 Å². The lowest BCUT2D eigenvalue weighted by molar-refractivity contribution is 0.0664. The molecule has 0 unspecified atom stereocenters. The minimum absolute atomic E-state index is 0.176. The molecule has 0 bridgehead atoms. The van der Waals surface area contributed by atoms with Gasteiger partial charge in [-0.05, 0) is 57.0 Å². The number of carbonyl (C=O) groups is 1. The summed E-state index contributed by atoms with van der Waals surface area (Å²) in [5, 5.41) is 4.12. The molecule has 132 valence electrons. The Morgan fingerprint density at radius 1 is 1.12 bits per heavy atom. The Morgan fingerprint density at radius 3 is 2.56 bits per heavy atom. The summed E-state index contributed by atoms with van der Waals surface area (Å²) in [4.78, 5) is 21.5. The smallest absolute Gasteiger partial charge is 0.254 e. The van der Waals surface area contributed by atoms with Crippen molar-refractivity contribution in [2.24, 2.45) is 0 Å². The summed E-state index contributed by atoms with van der Waals surface area (Å²) in [6, 6.07) is 8.82. The lowest BCUT2D eigenvalue weighted by Gasteiger charge is -2.33. The molecule has 2 aliphatic heterocycles. The van der Waals surface area contributed by atoms with E-state index in [-0.39, 0.29) is 5.91 Å². The Morgan fingerprint density at radius 2 is 1.88 bits per heavy atom. The molecule has 6 nitrogen and oxygen atoms in total. The van der Waals surface area contributed by atoms with Crippen molar-refractivity contribution >= 4 is 5.91 Å². The molecule has 2 aliphatic rings. The second-order valence-electron chi connectivity index (χ2n) is 7.19. The molecule has 3 heterocycles. The van der Waals surface area contributed by atoms with Crippen LogP contribution in [-0.2, 0) is 6.54 Å². The Labute approximate surface area is 148 Å². The number of aromatic nitrogens is 3. The maximum atomic E-state index is 13.0. The first-order valence-corrected chi connectivity index (χ1v) is 9.15. The van der Waals surface area contributed by atoms with Crippen molar-refractivity contribution in [3.8, 4) is 0 Å². The first-order chi connectivity index (χ1) is 12.2. The zero-order chi connectivity index (χ0) is 17.2. The van der Waals surface area contributed by atoms with Gasteiger partial charge >= 0.3 is 0 Å². The van der Waals surface area contributed by atoms with Gasteiger partial charge in [-0.3, -0.25) is 4.79 Å². The highest BCUT2D eigenvalue weighted by Gasteiger charge is 2.38. The molecule has 0 aliphatic carbocycles. The Bertz CT molecular complexity index is 712. The van der Waals surface area contributed by atoms with Gasteiger partial charge in [0, 0.05) is 24.2 Å². The van der Waals surface area contributed by atoms with E-state index in [1.165, 1.54) is 19.2 Å². The molecule has 1 aromatic carbocycles. The van der Waals surface area contributed by atoms with Gasteiger partial charge in [-0.2, -0.15) is 5.10 Å². The van der Waals surface area contributed by atoms with Crippen molar-refractivity contribution in [1.82, 2.24) is 24.6 Å². The molecule has 2 aromatic rings. The van der Waals surface area contributed by atoms with Gasteiger partial charge in [-0.1, -0.05) is 12.1 Å². The standard InChI is InChI=1S/C19H25N5O/c1-22-10-2-4-17(22)18-5-3-11-24(18)19(25)16-8-6-15(7-9-16)12-23-14-20-13-21-23/h6-9,13-14,17-18H,2-5,10-12H2,1H3/t17-,18+/m1/s1. The largest absolute Gasteiger partial charge is 0.334 e. The van der Waals surface area contributed by atoms with Crippen LogP contribution < -0.4 is 0 Å². The topological polar surface area (TPSA) is 54.3 Å². The molecule has 6 heteroatoms. The zero-order valence-electron chi connectivity index (χ0n) is 14.7. The van der Waals surface area contributed by atoms with Crippen LogP contribution in [0.15, 0.2) is 36.9 Å². The number of nitrogens with zero attached hydrogens (tertiary/aromatic N) is 5. The van der Waals surface area contributed by atoms with E-state index in [1.54, 1.807) is 11.0 Å². The van der Waals surface area contributed by atoms with Crippen LogP contribution in [0.25, 0.3) is 0 Å². The average molecular weight is 339 g/mol. The lowest BCUT2D eigenvalue weighted by Crippen LogP contribution is -2.47. The molecule has 2 fully saturated rings.